The molecule has 1 saturated carbocycles. The lowest BCUT2D eigenvalue weighted by molar-refractivity contribution is -0.140. The molecule has 2 nitrogen and oxygen atoms in total. The molecule has 0 amide bonds. The van der Waals surface area contributed by atoms with E-state index < -0.39 is 0 Å². The summed E-state index contributed by atoms with van der Waals surface area (Å²) in [5.74, 6) is 3.52. The minimum Gasteiger partial charge on any atom is -0.469 e. The van der Waals surface area contributed by atoms with Crippen molar-refractivity contribution in [3.8, 4) is 0 Å². The number of allylic oxidation sites excluding steroid dienone is 2. The number of methoxy groups -OCH3 is 1. The van der Waals surface area contributed by atoms with Gasteiger partial charge < -0.3 is 4.74 Å². The van der Waals surface area contributed by atoms with Crippen LogP contribution < -0.4 is 0 Å². The molecule has 0 N–H and O–H groups in total. The number of carbonyl (C=O) groups is 1. The van der Waals surface area contributed by atoms with Crippen LogP contribution >= 0.6 is 0 Å². The fraction of sp³-hybridized carbons (Fsp3) is 0.842. The highest BCUT2D eigenvalue weighted by Gasteiger charge is 2.36. The summed E-state index contributed by atoms with van der Waals surface area (Å²) in [6, 6.07) is 0. The van der Waals surface area contributed by atoms with E-state index >= 15 is 0 Å². The molecular weight excluding hydrogens is 260 g/mol. The number of fused-ring (bicyclic) bond motifs is 1. The van der Waals surface area contributed by atoms with Crippen LogP contribution in [-0.4, -0.2) is 13.1 Å². The van der Waals surface area contributed by atoms with E-state index in [0.29, 0.717) is 6.42 Å². The van der Waals surface area contributed by atoms with E-state index in [4.69, 9.17) is 0 Å². The maximum Gasteiger partial charge on any atom is 0.305 e. The molecule has 0 spiro atoms. The van der Waals surface area contributed by atoms with Crippen molar-refractivity contribution in [2.45, 2.75) is 71.1 Å². The SMILES string of the molecule is COC(=O)CCCCCCC[C@H]1[C@H]2CCC[C@H]2C=C[C@H]1C. The Labute approximate surface area is 130 Å². The lowest BCUT2D eigenvalue weighted by atomic mass is 9.70. The van der Waals surface area contributed by atoms with E-state index in [-0.39, 0.29) is 5.97 Å². The topological polar surface area (TPSA) is 26.3 Å². The number of unbranched alkanes of at least 4 members (excludes halogenated alkanes) is 4. The first-order chi connectivity index (χ1) is 10.2. The lowest BCUT2D eigenvalue weighted by Crippen LogP contribution is -2.26. The van der Waals surface area contributed by atoms with Gasteiger partial charge in [0.25, 0.3) is 0 Å². The zero-order valence-corrected chi connectivity index (χ0v) is 13.9. The summed E-state index contributed by atoms with van der Waals surface area (Å²) in [4.78, 5) is 11.0. The molecule has 4 atom stereocenters. The van der Waals surface area contributed by atoms with Gasteiger partial charge in [-0.2, -0.15) is 0 Å². The standard InChI is InChI=1S/C19H32O2/c1-15-13-14-16-9-8-11-18(16)17(15)10-6-4-3-5-7-12-19(20)21-2/h13-18H,3-12H2,1-2H3/t15-,16+,17-,18+/m1/s1. The van der Waals surface area contributed by atoms with Crippen molar-refractivity contribution >= 4 is 5.97 Å². The second-order valence-corrected chi connectivity index (χ2v) is 7.05. The van der Waals surface area contributed by atoms with Crippen molar-refractivity contribution in [2.75, 3.05) is 7.11 Å². The van der Waals surface area contributed by atoms with E-state index in [1.165, 1.54) is 58.5 Å². The summed E-state index contributed by atoms with van der Waals surface area (Å²) in [5, 5.41) is 0. The number of rotatable bonds is 8. The Balaban J connectivity index is 1.58. The molecule has 2 aliphatic carbocycles. The Bertz CT molecular complexity index is 347. The maximum atomic E-state index is 11.0. The molecule has 2 rings (SSSR count). The first-order valence-corrected chi connectivity index (χ1v) is 8.97. The van der Waals surface area contributed by atoms with Gasteiger partial charge in [-0.3, -0.25) is 4.79 Å². The first-order valence-electron chi connectivity index (χ1n) is 8.97. The zero-order valence-electron chi connectivity index (χ0n) is 13.9. The molecule has 0 saturated heterocycles. The average molecular weight is 292 g/mol. The molecular formula is C19H32O2. The van der Waals surface area contributed by atoms with E-state index in [2.05, 4.69) is 23.8 Å². The van der Waals surface area contributed by atoms with E-state index in [9.17, 15) is 4.79 Å². The van der Waals surface area contributed by atoms with Crippen LogP contribution in [0.5, 0.6) is 0 Å². The third-order valence-corrected chi connectivity index (χ3v) is 5.66. The van der Waals surface area contributed by atoms with Crippen molar-refractivity contribution < 1.29 is 9.53 Å². The van der Waals surface area contributed by atoms with Crippen molar-refractivity contribution in [1.29, 1.82) is 0 Å². The van der Waals surface area contributed by atoms with Crippen LogP contribution in [0.3, 0.4) is 0 Å². The molecule has 0 aliphatic heterocycles. The van der Waals surface area contributed by atoms with Gasteiger partial charge in [0.2, 0.25) is 0 Å². The van der Waals surface area contributed by atoms with Gasteiger partial charge in [0, 0.05) is 6.42 Å². The molecule has 0 aromatic carbocycles. The summed E-state index contributed by atoms with van der Waals surface area (Å²) >= 11 is 0. The van der Waals surface area contributed by atoms with E-state index in [1.807, 2.05) is 0 Å². The van der Waals surface area contributed by atoms with Gasteiger partial charge in [-0.05, 0) is 49.4 Å². The normalized spacial score (nSPS) is 31.1. The lowest BCUT2D eigenvalue weighted by Gasteiger charge is -2.35. The molecule has 0 unspecified atom stereocenters. The monoisotopic (exact) mass is 292 g/mol. The van der Waals surface area contributed by atoms with Crippen molar-refractivity contribution in [2.24, 2.45) is 23.7 Å². The van der Waals surface area contributed by atoms with Crippen LogP contribution in [0, 0.1) is 23.7 Å². The maximum absolute atomic E-state index is 11.0. The molecule has 21 heavy (non-hydrogen) atoms. The summed E-state index contributed by atoms with van der Waals surface area (Å²) in [6.45, 7) is 2.41. The summed E-state index contributed by atoms with van der Waals surface area (Å²) < 4.78 is 4.66. The first kappa shape index (κ1) is 16.6. The number of hydrogen-bond donors (Lipinski definition) is 0. The fourth-order valence-corrected chi connectivity index (χ4v) is 4.40. The molecule has 0 radical (unpaired) electrons. The minimum absolute atomic E-state index is 0.0647. The van der Waals surface area contributed by atoms with Crippen molar-refractivity contribution in [3.63, 3.8) is 0 Å². The molecule has 0 aromatic heterocycles. The van der Waals surface area contributed by atoms with Crippen molar-refractivity contribution in [1.82, 2.24) is 0 Å². The Morgan fingerprint density at radius 1 is 1.10 bits per heavy atom. The summed E-state index contributed by atoms with van der Waals surface area (Å²) in [5.41, 5.74) is 0. The van der Waals surface area contributed by atoms with Gasteiger partial charge in [-0.1, -0.05) is 51.2 Å². The van der Waals surface area contributed by atoms with E-state index in [1.54, 1.807) is 0 Å². The van der Waals surface area contributed by atoms with Gasteiger partial charge >= 0.3 is 5.97 Å². The highest BCUT2D eigenvalue weighted by atomic mass is 16.5. The average Bonchev–Trinajstić information content (AvgIpc) is 2.96. The number of hydrogen-bond acceptors (Lipinski definition) is 2. The van der Waals surface area contributed by atoms with Gasteiger partial charge in [0.1, 0.15) is 0 Å². The molecule has 0 heterocycles. The zero-order chi connectivity index (χ0) is 15.1. The van der Waals surface area contributed by atoms with Gasteiger partial charge in [0.15, 0.2) is 0 Å². The van der Waals surface area contributed by atoms with Crippen LogP contribution in [-0.2, 0) is 9.53 Å². The quantitative estimate of drug-likeness (QED) is 0.352. The Morgan fingerprint density at radius 3 is 2.67 bits per heavy atom. The number of esters is 1. The van der Waals surface area contributed by atoms with Crippen LogP contribution in [0.25, 0.3) is 0 Å². The molecule has 2 aliphatic rings. The van der Waals surface area contributed by atoms with Crippen LogP contribution in [0.2, 0.25) is 0 Å². The second-order valence-electron chi connectivity index (χ2n) is 7.05. The Kier molecular flexibility index (Phi) is 6.79. The Morgan fingerprint density at radius 2 is 1.86 bits per heavy atom. The smallest absolute Gasteiger partial charge is 0.305 e. The molecule has 2 heteroatoms. The minimum atomic E-state index is -0.0647. The highest BCUT2D eigenvalue weighted by molar-refractivity contribution is 5.68. The summed E-state index contributed by atoms with van der Waals surface area (Å²) in [6.07, 6.45) is 17.4. The van der Waals surface area contributed by atoms with Crippen LogP contribution in [0.4, 0.5) is 0 Å². The van der Waals surface area contributed by atoms with Crippen LogP contribution in [0.15, 0.2) is 12.2 Å². The second kappa shape index (κ2) is 8.60. The van der Waals surface area contributed by atoms with Gasteiger partial charge in [-0.25, -0.2) is 0 Å². The fourth-order valence-electron chi connectivity index (χ4n) is 4.40. The van der Waals surface area contributed by atoms with E-state index in [0.717, 1.165) is 30.1 Å². The number of carbonyl (C=O) groups excluding carboxylic acids is 1. The predicted octanol–water partition coefficient (Wildman–Crippen LogP) is 5.13. The largest absolute Gasteiger partial charge is 0.469 e. The molecule has 1 fully saturated rings. The Hall–Kier alpha value is -0.790. The third kappa shape index (κ3) is 4.86. The predicted molar refractivity (Wildman–Crippen MR) is 87.0 cm³/mol. The van der Waals surface area contributed by atoms with Gasteiger partial charge in [0.05, 0.1) is 7.11 Å². The molecule has 0 aromatic rings. The van der Waals surface area contributed by atoms with Crippen molar-refractivity contribution in [3.05, 3.63) is 12.2 Å². The molecule has 0 bridgehead atoms. The third-order valence-electron chi connectivity index (χ3n) is 5.66. The van der Waals surface area contributed by atoms with Crippen LogP contribution in [0.1, 0.15) is 71.1 Å². The number of ether oxygens (including phenoxy) is 1. The van der Waals surface area contributed by atoms with Gasteiger partial charge in [-0.15, -0.1) is 0 Å². The summed E-state index contributed by atoms with van der Waals surface area (Å²) in [7, 11) is 1.47. The molecule has 120 valence electrons. The highest BCUT2D eigenvalue weighted by Crippen LogP contribution is 2.46.